The van der Waals surface area contributed by atoms with Crippen LogP contribution in [0.4, 0.5) is 14.5 Å². The van der Waals surface area contributed by atoms with Crippen molar-refractivity contribution in [3.8, 4) is 5.75 Å². The maximum atomic E-state index is 12.6. The Labute approximate surface area is 178 Å². The van der Waals surface area contributed by atoms with Crippen molar-refractivity contribution < 1.29 is 23.1 Å². The number of hydrogen-bond donors (Lipinski definition) is 1. The van der Waals surface area contributed by atoms with E-state index in [0.29, 0.717) is 48.5 Å². The standard InChI is InChI=1S/C22H24F2N2O3S/c23-22(24)30-19-10-8-17(9-11-19)25-21(28)16-5-4-13-26(15-16)20(27)12-14-29-18-6-2-1-3-7-18/h1-3,6-11,16,22H,4-5,12-15H2,(H,25,28). The minimum absolute atomic E-state index is 0.0307. The van der Waals surface area contributed by atoms with E-state index in [0.717, 1.165) is 12.2 Å². The summed E-state index contributed by atoms with van der Waals surface area (Å²) in [7, 11) is 0. The molecule has 1 heterocycles. The monoisotopic (exact) mass is 434 g/mol. The zero-order valence-electron chi connectivity index (χ0n) is 16.4. The lowest BCUT2D eigenvalue weighted by atomic mass is 9.96. The van der Waals surface area contributed by atoms with Gasteiger partial charge in [-0.1, -0.05) is 30.0 Å². The minimum atomic E-state index is -2.48. The Morgan fingerprint density at radius 2 is 1.87 bits per heavy atom. The second kappa shape index (κ2) is 11.0. The fourth-order valence-corrected chi connectivity index (χ4v) is 3.81. The molecule has 3 rings (SSSR count). The lowest BCUT2D eigenvalue weighted by Gasteiger charge is -2.32. The van der Waals surface area contributed by atoms with E-state index in [2.05, 4.69) is 5.32 Å². The zero-order valence-corrected chi connectivity index (χ0v) is 17.2. The van der Waals surface area contributed by atoms with Gasteiger partial charge in [0.25, 0.3) is 5.76 Å². The lowest BCUT2D eigenvalue weighted by Crippen LogP contribution is -2.44. The molecule has 160 valence electrons. The van der Waals surface area contributed by atoms with Gasteiger partial charge in [0.15, 0.2) is 0 Å². The number of carbonyl (C=O) groups excluding carboxylic acids is 2. The van der Waals surface area contributed by atoms with Crippen LogP contribution in [-0.4, -0.2) is 42.2 Å². The minimum Gasteiger partial charge on any atom is -0.493 e. The number of thioether (sulfide) groups is 1. The van der Waals surface area contributed by atoms with E-state index in [9.17, 15) is 18.4 Å². The third-order valence-corrected chi connectivity index (χ3v) is 5.54. The second-order valence-corrected chi connectivity index (χ2v) is 8.05. The molecule has 1 unspecified atom stereocenters. The smallest absolute Gasteiger partial charge is 0.288 e. The SMILES string of the molecule is O=C(Nc1ccc(SC(F)F)cc1)C1CCCN(C(=O)CCOc2ccccc2)C1. The molecule has 8 heteroatoms. The average Bonchev–Trinajstić information content (AvgIpc) is 2.75. The number of rotatable bonds is 8. The third kappa shape index (κ3) is 6.73. The maximum absolute atomic E-state index is 12.6. The van der Waals surface area contributed by atoms with Crippen LogP contribution in [0.1, 0.15) is 19.3 Å². The summed E-state index contributed by atoms with van der Waals surface area (Å²) < 4.78 is 30.4. The Kier molecular flexibility index (Phi) is 8.07. The summed E-state index contributed by atoms with van der Waals surface area (Å²) in [5.74, 6) is -2.25. The van der Waals surface area contributed by atoms with Gasteiger partial charge in [-0.15, -0.1) is 0 Å². The number of likely N-dealkylation sites (tertiary alicyclic amines) is 1. The highest BCUT2D eigenvalue weighted by Gasteiger charge is 2.28. The van der Waals surface area contributed by atoms with E-state index in [1.54, 1.807) is 29.2 Å². The molecule has 0 aromatic heterocycles. The van der Waals surface area contributed by atoms with E-state index in [-0.39, 0.29) is 24.2 Å². The van der Waals surface area contributed by atoms with Crippen LogP contribution < -0.4 is 10.1 Å². The number of halogens is 2. The quantitative estimate of drug-likeness (QED) is 0.615. The highest BCUT2D eigenvalue weighted by molar-refractivity contribution is 7.99. The van der Waals surface area contributed by atoms with Gasteiger partial charge >= 0.3 is 0 Å². The van der Waals surface area contributed by atoms with Gasteiger partial charge in [-0.25, -0.2) is 0 Å². The molecule has 0 saturated carbocycles. The first-order chi connectivity index (χ1) is 14.5. The predicted molar refractivity (Wildman–Crippen MR) is 113 cm³/mol. The molecule has 30 heavy (non-hydrogen) atoms. The molecule has 5 nitrogen and oxygen atoms in total. The highest BCUT2D eigenvalue weighted by Crippen LogP contribution is 2.26. The van der Waals surface area contributed by atoms with E-state index in [4.69, 9.17) is 4.74 Å². The third-order valence-electron chi connectivity index (χ3n) is 4.82. The molecule has 1 N–H and O–H groups in total. The van der Waals surface area contributed by atoms with Crippen molar-refractivity contribution in [2.24, 2.45) is 5.92 Å². The molecule has 2 amide bonds. The fourth-order valence-electron chi connectivity index (χ4n) is 3.31. The van der Waals surface area contributed by atoms with Gasteiger partial charge in [0.05, 0.1) is 18.9 Å². The molecule has 0 radical (unpaired) electrons. The molecule has 1 aliphatic rings. The largest absolute Gasteiger partial charge is 0.493 e. The number of para-hydroxylation sites is 1. The number of nitrogens with zero attached hydrogens (tertiary/aromatic N) is 1. The summed E-state index contributed by atoms with van der Waals surface area (Å²) >= 11 is 0.462. The van der Waals surface area contributed by atoms with Gasteiger partial charge < -0.3 is 15.0 Å². The van der Waals surface area contributed by atoms with Crippen LogP contribution in [0, 0.1) is 5.92 Å². The number of hydrogen-bond acceptors (Lipinski definition) is 4. The normalized spacial score (nSPS) is 16.4. The van der Waals surface area contributed by atoms with Crippen LogP contribution >= 0.6 is 11.8 Å². The van der Waals surface area contributed by atoms with E-state index in [1.165, 1.54) is 0 Å². The zero-order chi connectivity index (χ0) is 21.3. The van der Waals surface area contributed by atoms with Crippen molar-refractivity contribution in [1.29, 1.82) is 0 Å². The summed E-state index contributed by atoms with van der Waals surface area (Å²) in [4.78, 5) is 27.2. The van der Waals surface area contributed by atoms with Gasteiger partial charge in [0.1, 0.15) is 5.75 Å². The molecule has 1 fully saturated rings. The van der Waals surface area contributed by atoms with E-state index < -0.39 is 5.76 Å². The number of carbonyl (C=O) groups is 2. The van der Waals surface area contributed by atoms with Gasteiger partial charge in [0, 0.05) is 23.7 Å². The molecule has 2 aromatic rings. The number of benzene rings is 2. The Hall–Kier alpha value is -2.61. The molecule has 0 bridgehead atoms. The second-order valence-electron chi connectivity index (χ2n) is 6.98. The van der Waals surface area contributed by atoms with Gasteiger partial charge in [-0.2, -0.15) is 8.78 Å². The van der Waals surface area contributed by atoms with Gasteiger partial charge in [0.2, 0.25) is 11.8 Å². The molecule has 2 aromatic carbocycles. The topological polar surface area (TPSA) is 58.6 Å². The van der Waals surface area contributed by atoms with E-state index >= 15 is 0 Å². The number of piperidine rings is 1. The van der Waals surface area contributed by atoms with E-state index in [1.807, 2.05) is 30.3 Å². The van der Waals surface area contributed by atoms with Crippen LogP contribution in [0.5, 0.6) is 5.75 Å². The molecule has 1 saturated heterocycles. The summed E-state index contributed by atoms with van der Waals surface area (Å²) in [5.41, 5.74) is 0.554. The Morgan fingerprint density at radius 3 is 2.57 bits per heavy atom. The van der Waals surface area contributed by atoms with Crippen molar-refractivity contribution in [3.63, 3.8) is 0 Å². The fraction of sp³-hybridized carbons (Fsp3) is 0.364. The van der Waals surface area contributed by atoms with Crippen molar-refractivity contribution >= 4 is 29.3 Å². The Morgan fingerprint density at radius 1 is 1.13 bits per heavy atom. The molecule has 0 aliphatic carbocycles. The first kappa shape index (κ1) is 22.1. The van der Waals surface area contributed by atoms with Crippen LogP contribution in [0.15, 0.2) is 59.5 Å². The van der Waals surface area contributed by atoms with Crippen molar-refractivity contribution in [2.75, 3.05) is 25.0 Å². The molecule has 0 spiro atoms. The van der Waals surface area contributed by atoms with Gasteiger partial charge in [-0.05, 0) is 49.2 Å². The summed E-state index contributed by atoms with van der Waals surface area (Å²) in [6, 6.07) is 15.6. The highest BCUT2D eigenvalue weighted by atomic mass is 32.2. The van der Waals surface area contributed by atoms with Crippen LogP contribution in [0.3, 0.4) is 0 Å². The first-order valence-electron chi connectivity index (χ1n) is 9.82. The number of alkyl halides is 2. The summed E-state index contributed by atoms with van der Waals surface area (Å²) in [6.45, 7) is 1.29. The summed E-state index contributed by atoms with van der Waals surface area (Å²) in [6.07, 6.45) is 1.72. The number of anilines is 1. The number of ether oxygens (including phenoxy) is 1. The average molecular weight is 435 g/mol. The Bertz CT molecular complexity index is 834. The predicted octanol–water partition coefficient (Wildman–Crippen LogP) is 4.65. The van der Waals surface area contributed by atoms with Crippen LogP contribution in [-0.2, 0) is 9.59 Å². The molecular formula is C22H24F2N2O3S. The number of amides is 2. The molecule has 1 aliphatic heterocycles. The van der Waals surface area contributed by atoms with Crippen LogP contribution in [0.2, 0.25) is 0 Å². The lowest BCUT2D eigenvalue weighted by molar-refractivity contribution is -0.135. The number of nitrogens with one attached hydrogen (secondary N) is 1. The van der Waals surface area contributed by atoms with Crippen LogP contribution in [0.25, 0.3) is 0 Å². The van der Waals surface area contributed by atoms with Gasteiger partial charge in [-0.3, -0.25) is 9.59 Å². The molecular weight excluding hydrogens is 410 g/mol. The van der Waals surface area contributed by atoms with Crippen molar-refractivity contribution in [3.05, 3.63) is 54.6 Å². The summed E-state index contributed by atoms with van der Waals surface area (Å²) in [5, 5.41) is 2.82. The first-order valence-corrected chi connectivity index (χ1v) is 10.7. The Balaban J connectivity index is 1.46. The van der Waals surface area contributed by atoms with Crippen molar-refractivity contribution in [1.82, 2.24) is 4.90 Å². The van der Waals surface area contributed by atoms with Crippen molar-refractivity contribution in [2.45, 2.75) is 29.9 Å². The maximum Gasteiger partial charge on any atom is 0.288 e. The molecule has 1 atom stereocenters.